The van der Waals surface area contributed by atoms with E-state index in [1.807, 2.05) is 0 Å². The smallest absolute Gasteiger partial charge is 0.462 e. The molecule has 0 aromatic rings. The van der Waals surface area contributed by atoms with Crippen molar-refractivity contribution in [1.29, 1.82) is 0 Å². The second-order valence-electron chi connectivity index (χ2n) is 26.8. The van der Waals surface area contributed by atoms with Gasteiger partial charge in [0.15, 0.2) is 12.2 Å². The Balaban J connectivity index is 5.24. The van der Waals surface area contributed by atoms with Crippen LogP contribution in [0.5, 0.6) is 0 Å². The highest BCUT2D eigenvalue weighted by atomic mass is 31.2. The Morgan fingerprint density at radius 2 is 0.641 bits per heavy atom. The number of unbranched alkanes of at least 4 members (excludes halogenated alkanes) is 33. The van der Waals surface area contributed by atoms with Crippen LogP contribution in [0.4, 0.5) is 0 Å². The maximum atomic E-state index is 13.0. The predicted molar refractivity (Wildman–Crippen MR) is 372 cm³/mol. The molecule has 0 aliphatic rings. The molecule has 0 aliphatic carbocycles. The first-order valence-electron chi connectivity index (χ1n) is 37.2. The summed E-state index contributed by atoms with van der Waals surface area (Å²) in [5, 5.41) is 10.6. The van der Waals surface area contributed by atoms with E-state index >= 15 is 0 Å². The van der Waals surface area contributed by atoms with Crippen molar-refractivity contribution in [3.8, 4) is 0 Å². The van der Waals surface area contributed by atoms with E-state index < -0.39 is 97.5 Å². The Labute approximate surface area is 561 Å². The third-order valence-corrected chi connectivity index (χ3v) is 18.5. The Hall–Kier alpha value is -2.46. The molecule has 0 spiro atoms. The van der Waals surface area contributed by atoms with Gasteiger partial charge in [-0.3, -0.25) is 37.3 Å². The minimum Gasteiger partial charge on any atom is -0.462 e. The number of carbonyl (C=O) groups is 4. The fourth-order valence-electron chi connectivity index (χ4n) is 10.5. The van der Waals surface area contributed by atoms with Crippen molar-refractivity contribution in [3.05, 3.63) is 24.3 Å². The Kier molecular flexibility index (Phi) is 61.6. The second-order valence-corrected chi connectivity index (χ2v) is 29.7. The Morgan fingerprint density at radius 1 is 0.359 bits per heavy atom. The lowest BCUT2D eigenvalue weighted by Crippen LogP contribution is -2.30. The molecular weight excluding hydrogens is 1210 g/mol. The van der Waals surface area contributed by atoms with E-state index in [-0.39, 0.29) is 25.7 Å². The highest BCUT2D eigenvalue weighted by Crippen LogP contribution is 2.45. The van der Waals surface area contributed by atoms with Crippen LogP contribution in [-0.4, -0.2) is 96.7 Å². The fourth-order valence-corrected chi connectivity index (χ4v) is 12.1. The van der Waals surface area contributed by atoms with E-state index in [9.17, 15) is 43.2 Å². The van der Waals surface area contributed by atoms with E-state index in [0.717, 1.165) is 127 Å². The van der Waals surface area contributed by atoms with Gasteiger partial charge in [-0.25, -0.2) is 9.13 Å². The van der Waals surface area contributed by atoms with Crippen LogP contribution in [0.2, 0.25) is 0 Å². The number of allylic oxidation sites excluding steroid dienone is 4. The van der Waals surface area contributed by atoms with Gasteiger partial charge in [0.05, 0.1) is 26.4 Å². The molecule has 17 nitrogen and oxygen atoms in total. The molecule has 92 heavy (non-hydrogen) atoms. The van der Waals surface area contributed by atoms with Gasteiger partial charge < -0.3 is 33.8 Å². The molecule has 0 heterocycles. The summed E-state index contributed by atoms with van der Waals surface area (Å²) in [5.41, 5.74) is 0. The van der Waals surface area contributed by atoms with Gasteiger partial charge in [0, 0.05) is 25.7 Å². The topological polar surface area (TPSA) is 237 Å². The lowest BCUT2D eigenvalue weighted by Gasteiger charge is -2.21. The molecule has 3 N–H and O–H groups in total. The van der Waals surface area contributed by atoms with Gasteiger partial charge in [0.1, 0.15) is 19.3 Å². The summed E-state index contributed by atoms with van der Waals surface area (Å²) in [6.45, 7) is 11.7. The number of hydrogen-bond donors (Lipinski definition) is 3. The molecule has 19 heteroatoms. The number of rotatable bonds is 69. The van der Waals surface area contributed by atoms with Crippen LogP contribution in [0.1, 0.15) is 344 Å². The Bertz CT molecular complexity index is 1900. The average molecular weight is 1350 g/mol. The average Bonchev–Trinajstić information content (AvgIpc) is 3.49. The third kappa shape index (κ3) is 64.9. The second kappa shape index (κ2) is 63.3. The number of phosphoric ester groups is 2. The standard InChI is InChI=1S/C73H138O17P2/c1-8-10-11-12-13-14-15-16-18-22-25-28-31-42-49-56-72(77)89-68(60-83-70(75)54-47-40-35-33-38-45-52-65(5)6)62-87-91(79,80)85-58-67(74)59-86-92(81,82)88-63-69(61-84-71(76)55-48-41-36-34-39-46-53-66(7)9-2)90-73(78)57-50-43-32-29-26-23-20-17-19-21-24-27-30-37-44-51-64(3)4/h14-16,18,64-69,74H,8-13,17,19-63H2,1-7H3,(H,79,80)(H,81,82)/b15-14-,18-16-/t66?,67-,68+,69+/m0/s1. The van der Waals surface area contributed by atoms with E-state index in [1.165, 1.54) is 128 Å². The normalized spacial score (nSPS) is 14.6. The zero-order chi connectivity index (χ0) is 68.0. The van der Waals surface area contributed by atoms with Crippen molar-refractivity contribution >= 4 is 39.5 Å². The minimum absolute atomic E-state index is 0.0835. The summed E-state index contributed by atoms with van der Waals surface area (Å²) in [5.74, 6) is 0.0497. The van der Waals surface area contributed by atoms with Gasteiger partial charge in [0.2, 0.25) is 0 Å². The van der Waals surface area contributed by atoms with Crippen LogP contribution >= 0.6 is 15.6 Å². The molecule has 0 aromatic heterocycles. The summed E-state index contributed by atoms with van der Waals surface area (Å²) in [4.78, 5) is 72.6. The molecule has 0 saturated carbocycles. The van der Waals surface area contributed by atoms with Gasteiger partial charge in [-0.1, -0.05) is 291 Å². The van der Waals surface area contributed by atoms with Gasteiger partial charge in [0.25, 0.3) is 0 Å². The van der Waals surface area contributed by atoms with Crippen molar-refractivity contribution in [2.45, 2.75) is 362 Å². The molecular formula is C73H138O17P2. The largest absolute Gasteiger partial charge is 0.472 e. The summed E-state index contributed by atoms with van der Waals surface area (Å²) in [7, 11) is -9.92. The van der Waals surface area contributed by atoms with Crippen LogP contribution in [-0.2, 0) is 65.4 Å². The minimum atomic E-state index is -4.96. The summed E-state index contributed by atoms with van der Waals surface area (Å²) < 4.78 is 68.3. The van der Waals surface area contributed by atoms with Gasteiger partial charge in [-0.2, -0.15) is 0 Å². The molecule has 3 unspecified atom stereocenters. The first-order chi connectivity index (χ1) is 44.3. The zero-order valence-corrected chi connectivity index (χ0v) is 61.3. The van der Waals surface area contributed by atoms with Crippen molar-refractivity contribution in [2.75, 3.05) is 39.6 Å². The molecule has 0 bridgehead atoms. The van der Waals surface area contributed by atoms with Gasteiger partial charge in [-0.05, 0) is 69.1 Å². The first-order valence-corrected chi connectivity index (χ1v) is 40.2. The number of esters is 4. The summed E-state index contributed by atoms with van der Waals surface area (Å²) >= 11 is 0. The van der Waals surface area contributed by atoms with E-state index in [1.54, 1.807) is 0 Å². The lowest BCUT2D eigenvalue weighted by molar-refractivity contribution is -0.161. The highest BCUT2D eigenvalue weighted by molar-refractivity contribution is 7.47. The van der Waals surface area contributed by atoms with Crippen LogP contribution in [0.3, 0.4) is 0 Å². The third-order valence-electron chi connectivity index (χ3n) is 16.6. The quantitative estimate of drug-likeness (QED) is 0.0169. The predicted octanol–water partition coefficient (Wildman–Crippen LogP) is 20.6. The Morgan fingerprint density at radius 3 is 0.967 bits per heavy atom. The van der Waals surface area contributed by atoms with Crippen LogP contribution in [0.25, 0.3) is 0 Å². The molecule has 0 radical (unpaired) electrons. The number of aliphatic hydroxyl groups excluding tert-OH is 1. The maximum Gasteiger partial charge on any atom is 0.472 e. The van der Waals surface area contributed by atoms with Crippen molar-refractivity contribution in [3.63, 3.8) is 0 Å². The maximum absolute atomic E-state index is 13.0. The van der Waals surface area contributed by atoms with Crippen LogP contribution in [0, 0.1) is 17.8 Å². The first kappa shape index (κ1) is 89.5. The van der Waals surface area contributed by atoms with Crippen molar-refractivity contribution in [1.82, 2.24) is 0 Å². The molecule has 0 rings (SSSR count). The lowest BCUT2D eigenvalue weighted by atomic mass is 10.00. The molecule has 0 aromatic carbocycles. The van der Waals surface area contributed by atoms with Crippen LogP contribution in [0.15, 0.2) is 24.3 Å². The number of ether oxygens (including phenoxy) is 4. The van der Waals surface area contributed by atoms with Gasteiger partial charge >= 0.3 is 39.5 Å². The van der Waals surface area contributed by atoms with E-state index in [2.05, 4.69) is 72.8 Å². The zero-order valence-electron chi connectivity index (χ0n) is 59.5. The number of aliphatic hydroxyl groups is 1. The van der Waals surface area contributed by atoms with Crippen molar-refractivity contribution in [2.24, 2.45) is 17.8 Å². The molecule has 6 atom stereocenters. The molecule has 0 aliphatic heterocycles. The molecule has 542 valence electrons. The van der Waals surface area contributed by atoms with E-state index in [0.29, 0.717) is 31.6 Å². The van der Waals surface area contributed by atoms with E-state index in [4.69, 9.17) is 37.0 Å². The number of carbonyl (C=O) groups excluding carboxylic acids is 4. The SMILES string of the molecule is CCCCCC/C=C\C=C/CCCCCCCC(=O)O[C@H](COC(=O)CCCCCCCCC(C)C)COP(=O)(O)OC[C@H](O)COP(=O)(O)OC[C@@H](COC(=O)CCCCCCCCC(C)CC)OC(=O)CCCCCCCCCCCCCCCCCC(C)C. The highest BCUT2D eigenvalue weighted by Gasteiger charge is 2.30. The monoisotopic (exact) mass is 1350 g/mol. The molecule has 0 fully saturated rings. The molecule has 0 amide bonds. The van der Waals surface area contributed by atoms with Crippen molar-refractivity contribution < 1.29 is 80.2 Å². The fraction of sp³-hybridized carbons (Fsp3) is 0.890. The summed E-state index contributed by atoms with van der Waals surface area (Å²) in [6.07, 6.45) is 51.0. The van der Waals surface area contributed by atoms with Crippen LogP contribution < -0.4 is 0 Å². The van der Waals surface area contributed by atoms with Gasteiger partial charge in [-0.15, -0.1) is 0 Å². The number of hydrogen-bond acceptors (Lipinski definition) is 15. The summed E-state index contributed by atoms with van der Waals surface area (Å²) in [6, 6.07) is 0. The number of phosphoric acid groups is 2. The molecule has 0 saturated heterocycles.